The smallest absolute Gasteiger partial charge is 0.252 e. The molecule has 148 valence electrons. The van der Waals surface area contributed by atoms with Crippen LogP contribution >= 0.6 is 12.4 Å². The van der Waals surface area contributed by atoms with Crippen LogP contribution in [0.4, 0.5) is 5.95 Å². The lowest BCUT2D eigenvalue weighted by Crippen LogP contribution is -2.32. The fraction of sp³-hybridized carbons (Fsp3) is 0.529. The van der Waals surface area contributed by atoms with E-state index in [4.69, 9.17) is 0 Å². The first kappa shape index (κ1) is 20.9. The summed E-state index contributed by atoms with van der Waals surface area (Å²) in [7, 11) is 0. The SMILES string of the molecule is Cc1cc(=O)[nH]c(NCCNC(=O)Cn2ccc(C3CCCNC3)n2)n1.Cl. The van der Waals surface area contributed by atoms with Crippen LogP contribution in [0.15, 0.2) is 23.1 Å². The van der Waals surface area contributed by atoms with Gasteiger partial charge in [-0.1, -0.05) is 0 Å². The molecular formula is C17H26ClN7O2. The Balaban J connectivity index is 0.00000261. The number of H-pyrrole nitrogens is 1. The van der Waals surface area contributed by atoms with Gasteiger partial charge in [0.05, 0.1) is 5.69 Å². The summed E-state index contributed by atoms with van der Waals surface area (Å²) in [6.07, 6.45) is 4.15. The molecule has 0 saturated carbocycles. The Bertz CT molecular complexity index is 799. The van der Waals surface area contributed by atoms with Gasteiger partial charge in [0.25, 0.3) is 5.56 Å². The Morgan fingerprint density at radius 1 is 1.41 bits per heavy atom. The number of nitrogens with one attached hydrogen (secondary N) is 4. The normalized spacial score (nSPS) is 16.4. The molecular weight excluding hydrogens is 370 g/mol. The number of nitrogens with zero attached hydrogens (tertiary/aromatic N) is 3. The maximum atomic E-state index is 12.0. The van der Waals surface area contributed by atoms with Crippen molar-refractivity contribution in [3.8, 4) is 0 Å². The number of halogens is 1. The van der Waals surface area contributed by atoms with Crippen molar-refractivity contribution < 1.29 is 4.79 Å². The number of hydrogen-bond donors (Lipinski definition) is 4. The van der Waals surface area contributed by atoms with Gasteiger partial charge in [0.1, 0.15) is 6.54 Å². The molecule has 0 spiro atoms. The molecule has 9 nitrogen and oxygen atoms in total. The molecule has 0 aliphatic carbocycles. The van der Waals surface area contributed by atoms with Crippen molar-refractivity contribution in [1.82, 2.24) is 30.4 Å². The Hall–Kier alpha value is -2.39. The van der Waals surface area contributed by atoms with E-state index in [1.54, 1.807) is 11.6 Å². The Kier molecular flexibility index (Phi) is 7.81. The maximum Gasteiger partial charge on any atom is 0.252 e. The minimum absolute atomic E-state index is 0. The highest BCUT2D eigenvalue weighted by Gasteiger charge is 2.17. The molecule has 1 atom stereocenters. The van der Waals surface area contributed by atoms with Crippen LogP contribution in [0.2, 0.25) is 0 Å². The van der Waals surface area contributed by atoms with E-state index in [0.717, 1.165) is 31.6 Å². The van der Waals surface area contributed by atoms with Crippen molar-refractivity contribution in [3.05, 3.63) is 40.1 Å². The second-order valence-electron chi connectivity index (χ2n) is 6.49. The molecule has 1 aliphatic heterocycles. The van der Waals surface area contributed by atoms with Crippen LogP contribution in [0, 0.1) is 6.92 Å². The highest BCUT2D eigenvalue weighted by Crippen LogP contribution is 2.21. The largest absolute Gasteiger partial charge is 0.354 e. The second-order valence-corrected chi connectivity index (χ2v) is 6.49. The number of aromatic amines is 1. The van der Waals surface area contributed by atoms with Crippen molar-refractivity contribution in [2.75, 3.05) is 31.5 Å². The highest BCUT2D eigenvalue weighted by atomic mass is 35.5. The van der Waals surface area contributed by atoms with E-state index in [1.165, 1.54) is 6.07 Å². The lowest BCUT2D eigenvalue weighted by atomic mass is 9.97. The Morgan fingerprint density at radius 3 is 3.00 bits per heavy atom. The van der Waals surface area contributed by atoms with Crippen molar-refractivity contribution in [3.63, 3.8) is 0 Å². The quantitative estimate of drug-likeness (QED) is 0.504. The van der Waals surface area contributed by atoms with Crippen molar-refractivity contribution in [1.29, 1.82) is 0 Å². The Morgan fingerprint density at radius 2 is 2.26 bits per heavy atom. The zero-order valence-electron chi connectivity index (χ0n) is 15.3. The predicted molar refractivity (Wildman–Crippen MR) is 105 cm³/mol. The van der Waals surface area contributed by atoms with Crippen molar-refractivity contribution in [2.45, 2.75) is 32.2 Å². The van der Waals surface area contributed by atoms with Gasteiger partial charge in [0, 0.05) is 43.5 Å². The minimum Gasteiger partial charge on any atom is -0.354 e. The van der Waals surface area contributed by atoms with Gasteiger partial charge in [-0.05, 0) is 32.4 Å². The van der Waals surface area contributed by atoms with Gasteiger partial charge < -0.3 is 16.0 Å². The van der Waals surface area contributed by atoms with Crippen molar-refractivity contribution >= 4 is 24.3 Å². The molecule has 1 saturated heterocycles. The summed E-state index contributed by atoms with van der Waals surface area (Å²) in [5, 5.41) is 13.7. The first-order valence-corrected chi connectivity index (χ1v) is 8.93. The number of aromatic nitrogens is 4. The average molecular weight is 396 g/mol. The van der Waals surface area contributed by atoms with Gasteiger partial charge in [-0.3, -0.25) is 19.3 Å². The molecule has 10 heteroatoms. The third-order valence-corrected chi connectivity index (χ3v) is 4.29. The standard InChI is InChI=1S/C17H25N7O2.ClH/c1-12-9-15(25)22-17(21-12)20-7-6-19-16(26)11-24-8-4-14(23-24)13-3-2-5-18-10-13;/h4,8-9,13,18H,2-3,5-7,10-11H2,1H3,(H,19,26)(H2,20,21,22,25);1H. The van der Waals surface area contributed by atoms with Crippen LogP contribution in [0.5, 0.6) is 0 Å². The number of anilines is 1. The molecule has 3 rings (SSSR count). The fourth-order valence-electron chi connectivity index (χ4n) is 3.04. The van der Waals surface area contributed by atoms with E-state index in [0.29, 0.717) is 30.6 Å². The molecule has 0 radical (unpaired) electrons. The van der Waals surface area contributed by atoms with E-state index >= 15 is 0 Å². The summed E-state index contributed by atoms with van der Waals surface area (Å²) < 4.78 is 1.67. The molecule has 1 fully saturated rings. The molecule has 2 aromatic rings. The van der Waals surface area contributed by atoms with Crippen LogP contribution in [0.25, 0.3) is 0 Å². The number of aryl methyl sites for hydroxylation is 1. The summed E-state index contributed by atoms with van der Waals surface area (Å²) in [5.74, 6) is 0.734. The third kappa shape index (κ3) is 6.37. The fourth-order valence-corrected chi connectivity index (χ4v) is 3.04. The summed E-state index contributed by atoms with van der Waals surface area (Å²) in [5.41, 5.74) is 1.48. The maximum absolute atomic E-state index is 12.0. The molecule has 2 aromatic heterocycles. The molecule has 0 bridgehead atoms. The molecule has 4 N–H and O–H groups in total. The summed E-state index contributed by atoms with van der Waals surface area (Å²) in [4.78, 5) is 30.2. The number of piperidine rings is 1. The van der Waals surface area contributed by atoms with Gasteiger partial charge in [0.15, 0.2) is 0 Å². The van der Waals surface area contributed by atoms with Gasteiger partial charge >= 0.3 is 0 Å². The lowest BCUT2D eigenvalue weighted by Gasteiger charge is -2.20. The van der Waals surface area contributed by atoms with Crippen LogP contribution in [-0.2, 0) is 11.3 Å². The Labute approximate surface area is 163 Å². The number of amides is 1. The zero-order valence-corrected chi connectivity index (χ0v) is 16.1. The van der Waals surface area contributed by atoms with Crippen LogP contribution in [-0.4, -0.2) is 51.8 Å². The molecule has 1 unspecified atom stereocenters. The first-order chi connectivity index (χ1) is 12.6. The van der Waals surface area contributed by atoms with Crippen molar-refractivity contribution in [2.24, 2.45) is 0 Å². The zero-order chi connectivity index (χ0) is 18.4. The van der Waals surface area contributed by atoms with E-state index in [-0.39, 0.29) is 30.4 Å². The van der Waals surface area contributed by atoms with E-state index < -0.39 is 0 Å². The molecule has 27 heavy (non-hydrogen) atoms. The second kappa shape index (κ2) is 10.1. The number of rotatable bonds is 7. The van der Waals surface area contributed by atoms with Crippen LogP contribution in [0.3, 0.4) is 0 Å². The third-order valence-electron chi connectivity index (χ3n) is 4.29. The van der Waals surface area contributed by atoms with E-state index in [1.807, 2.05) is 12.3 Å². The van der Waals surface area contributed by atoms with Crippen LogP contribution in [0.1, 0.15) is 30.1 Å². The van der Waals surface area contributed by atoms with E-state index in [2.05, 4.69) is 31.0 Å². The molecule has 1 amide bonds. The summed E-state index contributed by atoms with van der Waals surface area (Å²) in [6.45, 7) is 4.86. The highest BCUT2D eigenvalue weighted by molar-refractivity contribution is 5.85. The van der Waals surface area contributed by atoms with Gasteiger partial charge in [-0.25, -0.2) is 4.98 Å². The number of hydrogen-bond acceptors (Lipinski definition) is 6. The monoisotopic (exact) mass is 395 g/mol. The van der Waals surface area contributed by atoms with Gasteiger partial charge in [0.2, 0.25) is 11.9 Å². The summed E-state index contributed by atoms with van der Waals surface area (Å²) >= 11 is 0. The molecule has 3 heterocycles. The molecule has 0 aromatic carbocycles. The number of carbonyl (C=O) groups is 1. The average Bonchev–Trinajstić information content (AvgIpc) is 3.07. The van der Waals surface area contributed by atoms with Crippen LogP contribution < -0.4 is 21.5 Å². The summed E-state index contributed by atoms with van der Waals surface area (Å²) in [6, 6.07) is 3.42. The lowest BCUT2D eigenvalue weighted by molar-refractivity contribution is -0.121. The minimum atomic E-state index is -0.202. The number of carbonyl (C=O) groups excluding carboxylic acids is 1. The van der Waals surface area contributed by atoms with Gasteiger partial charge in [-0.2, -0.15) is 5.10 Å². The van der Waals surface area contributed by atoms with Gasteiger partial charge in [-0.15, -0.1) is 12.4 Å². The molecule has 1 aliphatic rings. The van der Waals surface area contributed by atoms with E-state index in [9.17, 15) is 9.59 Å². The predicted octanol–water partition coefficient (Wildman–Crippen LogP) is 0.392. The topological polar surface area (TPSA) is 117 Å². The first-order valence-electron chi connectivity index (χ1n) is 8.93.